The van der Waals surface area contributed by atoms with E-state index in [1.54, 1.807) is 0 Å². The van der Waals surface area contributed by atoms with Crippen LogP contribution in [0.3, 0.4) is 0 Å². The first-order valence-corrected chi connectivity index (χ1v) is 11.9. The summed E-state index contributed by atoms with van der Waals surface area (Å²) >= 11 is 0. The van der Waals surface area contributed by atoms with E-state index in [0.29, 0.717) is 31.8 Å². The van der Waals surface area contributed by atoms with Gasteiger partial charge in [0.25, 0.3) is 0 Å². The third-order valence-corrected chi connectivity index (χ3v) is 6.82. The number of benzene rings is 1. The monoisotopic (exact) mass is 424 g/mol. The number of likely N-dealkylation sites (tertiary alicyclic amines) is 1. The highest BCUT2D eigenvalue weighted by Crippen LogP contribution is 2.45. The largest absolute Gasteiger partial charge is 0.465 e. The number of esters is 1. The zero-order valence-electron chi connectivity index (χ0n) is 19.0. The molecule has 168 valence electrons. The summed E-state index contributed by atoms with van der Waals surface area (Å²) in [6, 6.07) is 7.12. The molecule has 1 aliphatic heterocycles. The highest BCUT2D eigenvalue weighted by Gasteiger charge is 2.43. The Morgan fingerprint density at radius 1 is 1.29 bits per heavy atom. The van der Waals surface area contributed by atoms with Gasteiger partial charge in [-0.2, -0.15) is 0 Å². The molecule has 1 saturated heterocycles. The van der Waals surface area contributed by atoms with E-state index >= 15 is 0 Å². The molecule has 0 N–H and O–H groups in total. The highest BCUT2D eigenvalue weighted by atomic mass is 16.5. The Bertz CT molecular complexity index is 919. The number of carbonyl (C=O) groups excluding carboxylic acids is 1. The minimum absolute atomic E-state index is 0.0643. The van der Waals surface area contributed by atoms with E-state index in [4.69, 9.17) is 9.47 Å². The van der Waals surface area contributed by atoms with E-state index in [1.165, 1.54) is 22.0 Å². The van der Waals surface area contributed by atoms with Crippen molar-refractivity contribution in [1.29, 1.82) is 0 Å². The van der Waals surface area contributed by atoms with Gasteiger partial charge in [0, 0.05) is 68.3 Å². The minimum atomic E-state index is -0.0946. The molecule has 0 saturated carbocycles. The van der Waals surface area contributed by atoms with Gasteiger partial charge in [-0.15, -0.1) is 6.58 Å². The zero-order valence-corrected chi connectivity index (χ0v) is 19.0. The SMILES string of the molecule is C=CCN1C[C@H](C(=O)OCCCOCC)C[C@@H]2c3cccc4c3c(cn4CCC)C[C@H]21. The summed E-state index contributed by atoms with van der Waals surface area (Å²) in [6.45, 7) is 12.5. The maximum Gasteiger partial charge on any atom is 0.310 e. The lowest BCUT2D eigenvalue weighted by Gasteiger charge is -2.46. The lowest BCUT2D eigenvalue weighted by atomic mass is 9.72. The van der Waals surface area contributed by atoms with Gasteiger partial charge in [0.05, 0.1) is 12.5 Å². The van der Waals surface area contributed by atoms with E-state index in [9.17, 15) is 4.79 Å². The van der Waals surface area contributed by atoms with Crippen LogP contribution in [0.15, 0.2) is 37.1 Å². The molecule has 2 aromatic rings. The molecule has 2 aliphatic rings. The molecule has 5 nitrogen and oxygen atoms in total. The van der Waals surface area contributed by atoms with Gasteiger partial charge in [-0.3, -0.25) is 9.69 Å². The van der Waals surface area contributed by atoms with Crippen LogP contribution in [0.5, 0.6) is 0 Å². The van der Waals surface area contributed by atoms with Gasteiger partial charge in [-0.1, -0.05) is 25.1 Å². The summed E-state index contributed by atoms with van der Waals surface area (Å²) in [5.74, 6) is 0.191. The Hall–Kier alpha value is -2.11. The van der Waals surface area contributed by atoms with Crippen molar-refractivity contribution in [3.8, 4) is 0 Å². The van der Waals surface area contributed by atoms with Crippen molar-refractivity contribution in [3.05, 3.63) is 48.2 Å². The van der Waals surface area contributed by atoms with Crippen molar-refractivity contribution in [3.63, 3.8) is 0 Å². The van der Waals surface area contributed by atoms with Crippen LogP contribution in [-0.4, -0.2) is 54.4 Å². The van der Waals surface area contributed by atoms with E-state index in [0.717, 1.165) is 45.3 Å². The molecule has 0 radical (unpaired) electrons. The second kappa shape index (κ2) is 10.0. The molecule has 0 bridgehead atoms. The third-order valence-electron chi connectivity index (χ3n) is 6.82. The van der Waals surface area contributed by atoms with Crippen molar-refractivity contribution < 1.29 is 14.3 Å². The topological polar surface area (TPSA) is 43.7 Å². The molecule has 31 heavy (non-hydrogen) atoms. The molecule has 5 heteroatoms. The molecular weight excluding hydrogens is 388 g/mol. The normalized spacial score (nSPS) is 23.0. The van der Waals surface area contributed by atoms with Crippen LogP contribution in [0.4, 0.5) is 0 Å². The lowest BCUT2D eigenvalue weighted by molar-refractivity contribution is -0.151. The van der Waals surface area contributed by atoms with Crippen molar-refractivity contribution in [2.75, 3.05) is 32.9 Å². The maximum absolute atomic E-state index is 12.9. The van der Waals surface area contributed by atoms with Gasteiger partial charge in [0.1, 0.15) is 0 Å². The standard InChI is InChI=1S/C26H36N2O3/c1-4-11-27-17-19-16-24-22(21-9-7-10-23(27)25(19)21)15-20(18-28(24)12-5-2)26(29)31-14-8-13-30-6-3/h5,7,9-10,17,20,22,24H,2,4,6,8,11-16,18H2,1,3H3/t20-,22-,24-/m1/s1. The molecule has 1 fully saturated rings. The van der Waals surface area contributed by atoms with E-state index in [2.05, 4.69) is 47.4 Å². The number of fused-ring (bicyclic) bond motifs is 2. The molecule has 1 aromatic carbocycles. The minimum Gasteiger partial charge on any atom is -0.465 e. The predicted molar refractivity (Wildman–Crippen MR) is 124 cm³/mol. The number of carbonyl (C=O) groups is 1. The van der Waals surface area contributed by atoms with Crippen LogP contribution >= 0.6 is 0 Å². The average molecular weight is 425 g/mol. The van der Waals surface area contributed by atoms with Crippen LogP contribution < -0.4 is 0 Å². The first-order chi connectivity index (χ1) is 15.2. The van der Waals surface area contributed by atoms with Crippen LogP contribution in [0.25, 0.3) is 10.9 Å². The van der Waals surface area contributed by atoms with Crippen LogP contribution in [-0.2, 0) is 27.2 Å². The Morgan fingerprint density at radius 2 is 2.16 bits per heavy atom. The second-order valence-electron chi connectivity index (χ2n) is 8.86. The second-order valence-corrected chi connectivity index (χ2v) is 8.86. The molecule has 3 atom stereocenters. The van der Waals surface area contributed by atoms with Crippen molar-refractivity contribution in [1.82, 2.24) is 9.47 Å². The fourth-order valence-electron chi connectivity index (χ4n) is 5.54. The summed E-state index contributed by atoms with van der Waals surface area (Å²) in [5.41, 5.74) is 4.19. The van der Waals surface area contributed by atoms with Gasteiger partial charge >= 0.3 is 5.97 Å². The van der Waals surface area contributed by atoms with Crippen LogP contribution in [0.1, 0.15) is 50.2 Å². The average Bonchev–Trinajstić information content (AvgIpc) is 3.13. The number of aryl methyl sites for hydroxylation is 1. The van der Waals surface area contributed by atoms with Crippen LogP contribution in [0, 0.1) is 5.92 Å². The lowest BCUT2D eigenvalue weighted by Crippen LogP contribution is -2.51. The summed E-state index contributed by atoms with van der Waals surface area (Å²) in [6.07, 6.45) is 8.10. The molecule has 4 rings (SSSR count). The van der Waals surface area contributed by atoms with Crippen molar-refractivity contribution >= 4 is 16.9 Å². The first-order valence-electron chi connectivity index (χ1n) is 11.9. The van der Waals surface area contributed by atoms with E-state index in [1.807, 2.05) is 13.0 Å². The highest BCUT2D eigenvalue weighted by molar-refractivity contribution is 5.89. The van der Waals surface area contributed by atoms with Crippen molar-refractivity contribution in [2.24, 2.45) is 5.92 Å². The molecule has 2 heterocycles. The number of ether oxygens (including phenoxy) is 2. The number of nitrogens with zero attached hydrogens (tertiary/aromatic N) is 2. The zero-order chi connectivity index (χ0) is 21.8. The molecule has 0 unspecified atom stereocenters. The third kappa shape index (κ3) is 4.44. The summed E-state index contributed by atoms with van der Waals surface area (Å²) < 4.78 is 13.4. The first kappa shape index (κ1) is 22.1. The molecule has 1 aromatic heterocycles. The van der Waals surface area contributed by atoms with Gasteiger partial charge in [0.15, 0.2) is 0 Å². The van der Waals surface area contributed by atoms with Crippen molar-refractivity contribution in [2.45, 2.75) is 58.0 Å². The number of hydrogen-bond donors (Lipinski definition) is 0. The number of hydrogen-bond acceptors (Lipinski definition) is 4. The Morgan fingerprint density at radius 3 is 2.94 bits per heavy atom. The van der Waals surface area contributed by atoms with Crippen LogP contribution in [0.2, 0.25) is 0 Å². The van der Waals surface area contributed by atoms with E-state index < -0.39 is 0 Å². The maximum atomic E-state index is 12.9. The fraction of sp³-hybridized carbons (Fsp3) is 0.577. The summed E-state index contributed by atoms with van der Waals surface area (Å²) in [5, 5.41) is 1.42. The summed E-state index contributed by atoms with van der Waals surface area (Å²) in [4.78, 5) is 15.4. The molecular formula is C26H36N2O3. The molecule has 0 spiro atoms. The van der Waals surface area contributed by atoms with Gasteiger partial charge in [-0.25, -0.2) is 0 Å². The van der Waals surface area contributed by atoms with E-state index in [-0.39, 0.29) is 11.9 Å². The predicted octanol–water partition coefficient (Wildman–Crippen LogP) is 4.54. The number of aromatic nitrogens is 1. The Kier molecular flexibility index (Phi) is 7.13. The smallest absolute Gasteiger partial charge is 0.310 e. The van der Waals surface area contributed by atoms with Gasteiger partial charge in [0.2, 0.25) is 0 Å². The fourth-order valence-corrected chi connectivity index (χ4v) is 5.54. The Labute approximate surface area is 186 Å². The quantitative estimate of drug-likeness (QED) is 0.319. The molecule has 1 aliphatic carbocycles. The van der Waals surface area contributed by atoms with Gasteiger partial charge < -0.3 is 14.0 Å². The molecule has 0 amide bonds. The Balaban J connectivity index is 1.57. The number of piperidine rings is 1. The summed E-state index contributed by atoms with van der Waals surface area (Å²) in [7, 11) is 0. The number of rotatable bonds is 10. The van der Waals surface area contributed by atoms with Gasteiger partial charge in [-0.05, 0) is 43.4 Å².